The van der Waals surface area contributed by atoms with Gasteiger partial charge in [-0.25, -0.2) is 8.42 Å². The molecule has 0 radical (unpaired) electrons. The number of hydrogen-bond acceptors (Lipinski definition) is 5. The van der Waals surface area contributed by atoms with Gasteiger partial charge in [-0.2, -0.15) is 4.31 Å². The summed E-state index contributed by atoms with van der Waals surface area (Å²) in [4.78, 5) is 2.31. The van der Waals surface area contributed by atoms with Crippen LogP contribution in [0.3, 0.4) is 0 Å². The van der Waals surface area contributed by atoms with E-state index < -0.39 is 10.0 Å². The third kappa shape index (κ3) is 3.43. The average Bonchev–Trinajstić information content (AvgIpc) is 2.55. The van der Waals surface area contributed by atoms with Crippen LogP contribution in [0.1, 0.15) is 0 Å². The third-order valence-corrected chi connectivity index (χ3v) is 5.63. The van der Waals surface area contributed by atoms with Gasteiger partial charge in [-0.05, 0) is 12.1 Å². The van der Waals surface area contributed by atoms with E-state index in [4.69, 9.17) is 9.47 Å². The number of ether oxygens (including phenoxy) is 2. The van der Waals surface area contributed by atoms with E-state index >= 15 is 0 Å². The maximum absolute atomic E-state index is 12.9. The highest BCUT2D eigenvalue weighted by Gasteiger charge is 2.30. The lowest BCUT2D eigenvalue weighted by molar-refractivity contribution is 0.204. The van der Waals surface area contributed by atoms with Crippen molar-refractivity contribution in [2.75, 3.05) is 46.9 Å². The summed E-state index contributed by atoms with van der Waals surface area (Å²) in [6.07, 6.45) is 1.83. The molecule has 1 saturated heterocycles. The summed E-state index contributed by atoms with van der Waals surface area (Å²) in [5, 5.41) is 0. The maximum atomic E-state index is 12.9. The molecule has 1 aromatic rings. The fourth-order valence-corrected chi connectivity index (χ4v) is 4.05. The van der Waals surface area contributed by atoms with Crippen molar-refractivity contribution in [3.05, 3.63) is 30.9 Å². The molecule has 1 aliphatic rings. The number of sulfonamides is 1. The molecule has 122 valence electrons. The fraction of sp³-hybridized carbons (Fsp3) is 0.467. The summed E-state index contributed by atoms with van der Waals surface area (Å²) < 4.78 is 37.5. The third-order valence-electron chi connectivity index (χ3n) is 3.71. The Labute approximate surface area is 132 Å². The van der Waals surface area contributed by atoms with Crippen molar-refractivity contribution in [3.8, 4) is 11.5 Å². The van der Waals surface area contributed by atoms with Crippen molar-refractivity contribution in [2.24, 2.45) is 0 Å². The van der Waals surface area contributed by atoms with Crippen LogP contribution < -0.4 is 9.47 Å². The van der Waals surface area contributed by atoms with Gasteiger partial charge in [0.15, 0.2) is 0 Å². The number of hydrogen-bond donors (Lipinski definition) is 0. The second-order valence-corrected chi connectivity index (χ2v) is 6.92. The molecular formula is C15H22N2O4S. The van der Waals surface area contributed by atoms with E-state index in [0.29, 0.717) is 37.7 Å². The van der Waals surface area contributed by atoms with Crippen molar-refractivity contribution >= 4 is 10.0 Å². The summed E-state index contributed by atoms with van der Waals surface area (Å²) in [6, 6.07) is 4.80. The molecule has 0 N–H and O–H groups in total. The van der Waals surface area contributed by atoms with Gasteiger partial charge in [-0.15, -0.1) is 6.58 Å². The van der Waals surface area contributed by atoms with Gasteiger partial charge in [0, 0.05) is 38.8 Å². The molecule has 2 rings (SSSR count). The van der Waals surface area contributed by atoms with Crippen molar-refractivity contribution in [3.63, 3.8) is 0 Å². The lowest BCUT2D eigenvalue weighted by Crippen LogP contribution is -2.48. The summed E-state index contributed by atoms with van der Waals surface area (Å²) in [5.41, 5.74) is 0. The van der Waals surface area contributed by atoms with E-state index in [9.17, 15) is 8.42 Å². The fourth-order valence-electron chi connectivity index (χ4n) is 2.46. The van der Waals surface area contributed by atoms with E-state index in [-0.39, 0.29) is 4.90 Å². The Bertz CT molecular complexity index is 622. The van der Waals surface area contributed by atoms with Gasteiger partial charge in [0.25, 0.3) is 0 Å². The minimum absolute atomic E-state index is 0.145. The highest BCUT2D eigenvalue weighted by atomic mass is 32.2. The summed E-state index contributed by atoms with van der Waals surface area (Å²) in [5.74, 6) is 0.819. The van der Waals surface area contributed by atoms with Gasteiger partial charge >= 0.3 is 0 Å². The van der Waals surface area contributed by atoms with Crippen LogP contribution in [-0.2, 0) is 10.0 Å². The zero-order valence-corrected chi connectivity index (χ0v) is 13.8. The highest BCUT2D eigenvalue weighted by molar-refractivity contribution is 7.89. The predicted octanol–water partition coefficient (Wildman–Crippen LogP) is 1.20. The van der Waals surface area contributed by atoms with Crippen molar-refractivity contribution in [2.45, 2.75) is 4.90 Å². The SMILES string of the molecule is C=CCN1CCN(S(=O)(=O)c2cc(OC)ccc2OC)CC1. The van der Waals surface area contributed by atoms with Crippen LogP contribution in [0, 0.1) is 0 Å². The van der Waals surface area contributed by atoms with Crippen LogP contribution >= 0.6 is 0 Å². The van der Waals surface area contributed by atoms with Crippen LogP contribution in [0.4, 0.5) is 0 Å². The molecule has 0 saturated carbocycles. The minimum Gasteiger partial charge on any atom is -0.497 e. The van der Waals surface area contributed by atoms with E-state index in [2.05, 4.69) is 11.5 Å². The Morgan fingerprint density at radius 1 is 1.18 bits per heavy atom. The summed E-state index contributed by atoms with van der Waals surface area (Å²) >= 11 is 0. The van der Waals surface area contributed by atoms with Crippen LogP contribution in [0.2, 0.25) is 0 Å². The average molecular weight is 326 g/mol. The van der Waals surface area contributed by atoms with Gasteiger partial charge in [-0.1, -0.05) is 6.08 Å². The Morgan fingerprint density at radius 3 is 2.41 bits per heavy atom. The molecule has 0 amide bonds. The Balaban J connectivity index is 2.25. The van der Waals surface area contributed by atoms with Gasteiger partial charge in [0.1, 0.15) is 16.4 Å². The smallest absolute Gasteiger partial charge is 0.246 e. The Kier molecular flexibility index (Phi) is 5.44. The Hall–Kier alpha value is -1.57. The van der Waals surface area contributed by atoms with Gasteiger partial charge in [-0.3, -0.25) is 4.90 Å². The topological polar surface area (TPSA) is 59.1 Å². The number of nitrogens with zero attached hydrogens (tertiary/aromatic N) is 2. The molecule has 1 heterocycles. The lowest BCUT2D eigenvalue weighted by atomic mass is 10.3. The molecule has 1 aromatic carbocycles. The van der Waals surface area contributed by atoms with Crippen molar-refractivity contribution in [1.29, 1.82) is 0 Å². The first-order valence-electron chi connectivity index (χ1n) is 7.08. The van der Waals surface area contributed by atoms with Gasteiger partial charge < -0.3 is 9.47 Å². The predicted molar refractivity (Wildman–Crippen MR) is 84.9 cm³/mol. The first-order chi connectivity index (χ1) is 10.5. The zero-order chi connectivity index (χ0) is 16.2. The monoisotopic (exact) mass is 326 g/mol. The van der Waals surface area contributed by atoms with Crippen LogP contribution in [0.25, 0.3) is 0 Å². The number of benzene rings is 1. The minimum atomic E-state index is -3.60. The van der Waals surface area contributed by atoms with E-state index in [1.165, 1.54) is 24.6 Å². The number of methoxy groups -OCH3 is 2. The zero-order valence-electron chi connectivity index (χ0n) is 13.0. The number of piperazine rings is 1. The van der Waals surface area contributed by atoms with Crippen molar-refractivity contribution < 1.29 is 17.9 Å². The maximum Gasteiger partial charge on any atom is 0.246 e. The molecule has 1 fully saturated rings. The normalized spacial score (nSPS) is 17.2. The highest BCUT2D eigenvalue weighted by Crippen LogP contribution is 2.30. The van der Waals surface area contributed by atoms with Gasteiger partial charge in [0.05, 0.1) is 14.2 Å². The molecule has 7 heteroatoms. The van der Waals surface area contributed by atoms with Gasteiger partial charge in [0.2, 0.25) is 10.0 Å². The molecule has 0 bridgehead atoms. The molecule has 0 aromatic heterocycles. The van der Waals surface area contributed by atoms with Crippen LogP contribution in [0.15, 0.2) is 35.7 Å². The number of rotatable bonds is 6. The van der Waals surface area contributed by atoms with Crippen LogP contribution in [0.5, 0.6) is 11.5 Å². The second kappa shape index (κ2) is 7.13. The van der Waals surface area contributed by atoms with E-state index in [1.807, 2.05) is 6.08 Å². The Morgan fingerprint density at radius 2 is 1.86 bits per heavy atom. The molecule has 0 atom stereocenters. The second-order valence-electron chi connectivity index (χ2n) is 5.01. The standard InChI is InChI=1S/C15H22N2O4S/c1-4-7-16-8-10-17(11-9-16)22(18,19)15-12-13(20-2)5-6-14(15)21-3/h4-6,12H,1,7-11H2,2-3H3. The van der Waals surface area contributed by atoms with Crippen molar-refractivity contribution in [1.82, 2.24) is 9.21 Å². The summed E-state index contributed by atoms with van der Waals surface area (Å²) in [6.45, 7) is 6.78. The molecule has 1 aliphatic heterocycles. The quantitative estimate of drug-likeness (QED) is 0.735. The van der Waals surface area contributed by atoms with E-state index in [0.717, 1.165) is 6.54 Å². The molecule has 0 spiro atoms. The molecule has 22 heavy (non-hydrogen) atoms. The first kappa shape index (κ1) is 16.8. The summed E-state index contributed by atoms with van der Waals surface area (Å²) in [7, 11) is -0.633. The largest absolute Gasteiger partial charge is 0.497 e. The van der Waals surface area contributed by atoms with E-state index in [1.54, 1.807) is 12.1 Å². The lowest BCUT2D eigenvalue weighted by Gasteiger charge is -2.33. The van der Waals surface area contributed by atoms with Crippen LogP contribution in [-0.4, -0.2) is 64.6 Å². The molecule has 0 aliphatic carbocycles. The first-order valence-corrected chi connectivity index (χ1v) is 8.52. The molecule has 6 nitrogen and oxygen atoms in total. The molecular weight excluding hydrogens is 304 g/mol. The molecule has 0 unspecified atom stereocenters.